The number of hydrogen-bond donors (Lipinski definition) is 1. The first-order valence-electron chi connectivity index (χ1n) is 8.13. The predicted octanol–water partition coefficient (Wildman–Crippen LogP) is 3.09. The summed E-state index contributed by atoms with van der Waals surface area (Å²) >= 11 is 5.80. The molecule has 0 heterocycles. The number of rotatable bonds is 9. The molecule has 2 rings (SSSR count). The highest BCUT2D eigenvalue weighted by atomic mass is 35.5. The van der Waals surface area contributed by atoms with E-state index in [1.807, 2.05) is 19.1 Å². The summed E-state index contributed by atoms with van der Waals surface area (Å²) in [6.45, 7) is 2.74. The zero-order chi connectivity index (χ0) is 18.8. The number of esters is 1. The Morgan fingerprint density at radius 2 is 1.73 bits per heavy atom. The van der Waals surface area contributed by atoms with Crippen LogP contribution in [0.2, 0.25) is 5.02 Å². The van der Waals surface area contributed by atoms with Gasteiger partial charge in [0.1, 0.15) is 18.1 Å². The Labute approximate surface area is 157 Å². The maximum atomic E-state index is 11.8. The number of halogens is 1. The van der Waals surface area contributed by atoms with Crippen molar-refractivity contribution in [2.24, 2.45) is 0 Å². The molecule has 2 aromatic carbocycles. The molecule has 0 saturated carbocycles. The molecular formula is C19H20ClNO5. The maximum absolute atomic E-state index is 11.8. The molecule has 1 N–H and O–H groups in total. The minimum absolute atomic E-state index is 0.292. The van der Waals surface area contributed by atoms with Crippen molar-refractivity contribution in [1.29, 1.82) is 0 Å². The van der Waals surface area contributed by atoms with E-state index in [4.69, 9.17) is 25.8 Å². The summed E-state index contributed by atoms with van der Waals surface area (Å²) in [4.78, 5) is 23.5. The van der Waals surface area contributed by atoms with Gasteiger partial charge in [0, 0.05) is 5.02 Å². The Morgan fingerprint density at radius 1 is 1.04 bits per heavy atom. The van der Waals surface area contributed by atoms with Crippen LogP contribution in [0.3, 0.4) is 0 Å². The van der Waals surface area contributed by atoms with Gasteiger partial charge in [0.15, 0.2) is 6.61 Å². The number of carbonyl (C=O) groups excluding carboxylic acids is 2. The molecule has 0 aliphatic heterocycles. The summed E-state index contributed by atoms with van der Waals surface area (Å²) in [7, 11) is 0. The van der Waals surface area contributed by atoms with Crippen LogP contribution in [0.5, 0.6) is 11.5 Å². The third kappa shape index (κ3) is 6.64. The van der Waals surface area contributed by atoms with Crippen molar-refractivity contribution >= 4 is 23.5 Å². The minimum atomic E-state index is -0.603. The first kappa shape index (κ1) is 19.6. The second-order valence-electron chi connectivity index (χ2n) is 5.19. The van der Waals surface area contributed by atoms with Gasteiger partial charge in [0.05, 0.1) is 18.7 Å². The second-order valence-corrected chi connectivity index (χ2v) is 5.63. The summed E-state index contributed by atoms with van der Waals surface area (Å²) in [5.41, 5.74) is 0.295. The summed E-state index contributed by atoms with van der Waals surface area (Å²) in [6.07, 6.45) is 0. The Balaban J connectivity index is 1.63. The molecule has 1 amide bonds. The van der Waals surface area contributed by atoms with Gasteiger partial charge in [0.2, 0.25) is 0 Å². The van der Waals surface area contributed by atoms with E-state index in [1.165, 1.54) is 6.07 Å². The fourth-order valence-corrected chi connectivity index (χ4v) is 2.23. The van der Waals surface area contributed by atoms with E-state index in [2.05, 4.69) is 5.32 Å². The van der Waals surface area contributed by atoms with Gasteiger partial charge < -0.3 is 19.5 Å². The summed E-state index contributed by atoms with van der Waals surface area (Å²) < 4.78 is 15.8. The number of amides is 1. The van der Waals surface area contributed by atoms with Crippen LogP contribution in [-0.2, 0) is 9.53 Å². The van der Waals surface area contributed by atoms with E-state index in [-0.39, 0.29) is 6.61 Å². The standard InChI is InChI=1S/C19H20ClNO5/c1-2-24-16-6-8-17(9-7-16)25-11-10-21-18(22)13-26-19(23)14-4-3-5-15(20)12-14/h3-9,12H,2,10-11,13H2,1H3,(H,21,22). The summed E-state index contributed by atoms with van der Waals surface area (Å²) in [5.74, 6) is 0.439. The van der Waals surface area contributed by atoms with Crippen LogP contribution in [0.15, 0.2) is 48.5 Å². The number of hydrogen-bond acceptors (Lipinski definition) is 5. The third-order valence-electron chi connectivity index (χ3n) is 3.22. The van der Waals surface area contributed by atoms with Gasteiger partial charge in [-0.1, -0.05) is 17.7 Å². The Hall–Kier alpha value is -2.73. The molecular weight excluding hydrogens is 358 g/mol. The van der Waals surface area contributed by atoms with Crippen molar-refractivity contribution in [1.82, 2.24) is 5.32 Å². The van der Waals surface area contributed by atoms with Crippen LogP contribution in [0.4, 0.5) is 0 Å². The fourth-order valence-electron chi connectivity index (χ4n) is 2.04. The zero-order valence-electron chi connectivity index (χ0n) is 14.4. The van der Waals surface area contributed by atoms with E-state index in [0.29, 0.717) is 36.1 Å². The molecule has 0 bridgehead atoms. The average molecular weight is 378 g/mol. The lowest BCUT2D eigenvalue weighted by Crippen LogP contribution is -2.32. The van der Waals surface area contributed by atoms with Crippen molar-refractivity contribution < 1.29 is 23.8 Å². The molecule has 138 valence electrons. The highest BCUT2D eigenvalue weighted by Gasteiger charge is 2.10. The number of benzene rings is 2. The van der Waals surface area contributed by atoms with E-state index in [1.54, 1.807) is 30.3 Å². The van der Waals surface area contributed by atoms with Crippen molar-refractivity contribution in [3.05, 3.63) is 59.1 Å². The number of nitrogens with one attached hydrogen (secondary N) is 1. The van der Waals surface area contributed by atoms with Crippen molar-refractivity contribution in [3.8, 4) is 11.5 Å². The smallest absolute Gasteiger partial charge is 0.338 e. The molecule has 0 unspecified atom stereocenters. The quantitative estimate of drug-likeness (QED) is 0.537. The second kappa shape index (κ2) is 10.3. The van der Waals surface area contributed by atoms with Crippen LogP contribution >= 0.6 is 11.6 Å². The SMILES string of the molecule is CCOc1ccc(OCCNC(=O)COC(=O)c2cccc(Cl)c2)cc1. The average Bonchev–Trinajstić information content (AvgIpc) is 2.65. The molecule has 0 spiro atoms. The Morgan fingerprint density at radius 3 is 2.38 bits per heavy atom. The highest BCUT2D eigenvalue weighted by Crippen LogP contribution is 2.17. The molecule has 0 aromatic heterocycles. The summed E-state index contributed by atoms with van der Waals surface area (Å²) in [5, 5.41) is 3.04. The van der Waals surface area contributed by atoms with Crippen molar-refractivity contribution in [2.45, 2.75) is 6.92 Å². The first-order chi connectivity index (χ1) is 12.6. The molecule has 0 saturated heterocycles. The van der Waals surface area contributed by atoms with Crippen LogP contribution in [-0.4, -0.2) is 38.2 Å². The van der Waals surface area contributed by atoms with Crippen LogP contribution in [0.1, 0.15) is 17.3 Å². The Kier molecular flexibility index (Phi) is 7.76. The van der Waals surface area contributed by atoms with E-state index >= 15 is 0 Å². The van der Waals surface area contributed by atoms with E-state index in [9.17, 15) is 9.59 Å². The largest absolute Gasteiger partial charge is 0.494 e. The van der Waals surface area contributed by atoms with E-state index < -0.39 is 11.9 Å². The molecule has 7 heteroatoms. The van der Waals surface area contributed by atoms with Gasteiger partial charge in [-0.05, 0) is 49.4 Å². The molecule has 6 nitrogen and oxygen atoms in total. The lowest BCUT2D eigenvalue weighted by Gasteiger charge is -2.09. The van der Waals surface area contributed by atoms with Gasteiger partial charge in [-0.15, -0.1) is 0 Å². The molecule has 0 atom stereocenters. The third-order valence-corrected chi connectivity index (χ3v) is 3.46. The first-order valence-corrected chi connectivity index (χ1v) is 8.51. The molecule has 0 aliphatic rings. The van der Waals surface area contributed by atoms with Crippen LogP contribution in [0, 0.1) is 0 Å². The Bertz CT molecular complexity index is 733. The van der Waals surface area contributed by atoms with Gasteiger partial charge in [0.25, 0.3) is 5.91 Å². The summed E-state index contributed by atoms with van der Waals surface area (Å²) in [6, 6.07) is 13.5. The van der Waals surface area contributed by atoms with Crippen molar-refractivity contribution in [3.63, 3.8) is 0 Å². The fraction of sp³-hybridized carbons (Fsp3) is 0.263. The molecule has 0 radical (unpaired) electrons. The van der Waals surface area contributed by atoms with Gasteiger partial charge in [-0.3, -0.25) is 4.79 Å². The molecule has 0 aliphatic carbocycles. The van der Waals surface area contributed by atoms with Crippen LogP contribution in [0.25, 0.3) is 0 Å². The molecule has 26 heavy (non-hydrogen) atoms. The number of carbonyl (C=O) groups is 2. The zero-order valence-corrected chi connectivity index (χ0v) is 15.1. The molecule has 0 fully saturated rings. The molecule has 2 aromatic rings. The highest BCUT2D eigenvalue weighted by molar-refractivity contribution is 6.30. The van der Waals surface area contributed by atoms with Crippen LogP contribution < -0.4 is 14.8 Å². The van der Waals surface area contributed by atoms with Gasteiger partial charge in [-0.2, -0.15) is 0 Å². The lowest BCUT2D eigenvalue weighted by atomic mass is 10.2. The van der Waals surface area contributed by atoms with Gasteiger partial charge >= 0.3 is 5.97 Å². The monoisotopic (exact) mass is 377 g/mol. The normalized spacial score (nSPS) is 10.1. The topological polar surface area (TPSA) is 73.9 Å². The predicted molar refractivity (Wildman–Crippen MR) is 97.9 cm³/mol. The number of ether oxygens (including phenoxy) is 3. The maximum Gasteiger partial charge on any atom is 0.338 e. The minimum Gasteiger partial charge on any atom is -0.494 e. The van der Waals surface area contributed by atoms with E-state index in [0.717, 1.165) is 5.75 Å². The van der Waals surface area contributed by atoms with Crippen molar-refractivity contribution in [2.75, 3.05) is 26.4 Å². The van der Waals surface area contributed by atoms with Gasteiger partial charge in [-0.25, -0.2) is 4.79 Å². The lowest BCUT2D eigenvalue weighted by molar-refractivity contribution is -0.124.